The van der Waals surface area contributed by atoms with E-state index in [-0.39, 0.29) is 24.0 Å². The predicted octanol–water partition coefficient (Wildman–Crippen LogP) is 3.48. The van der Waals surface area contributed by atoms with Crippen LogP contribution in [-0.2, 0) is 13.0 Å². The van der Waals surface area contributed by atoms with E-state index in [0.29, 0.717) is 40.7 Å². The number of benzene rings is 2. The molecule has 0 amide bonds. The fourth-order valence-electron chi connectivity index (χ4n) is 5.33. The van der Waals surface area contributed by atoms with Crippen molar-refractivity contribution in [2.75, 3.05) is 13.7 Å². The van der Waals surface area contributed by atoms with Crippen LogP contribution in [0.3, 0.4) is 0 Å². The van der Waals surface area contributed by atoms with Crippen molar-refractivity contribution in [2.45, 2.75) is 37.8 Å². The maximum Gasteiger partial charge on any atom is 0.328 e. The molecular weight excluding hydrogens is 437 g/mol. The molecule has 2 N–H and O–H groups in total. The first-order valence-electron chi connectivity index (χ1n) is 10.4. The first-order valence-corrected chi connectivity index (χ1v) is 10.8. The van der Waals surface area contributed by atoms with Crippen LogP contribution >= 0.6 is 24.0 Å². The van der Waals surface area contributed by atoms with Crippen LogP contribution in [0.4, 0.5) is 0 Å². The Hall–Kier alpha value is -2.28. The Balaban J connectivity index is 0.00000231. The van der Waals surface area contributed by atoms with Gasteiger partial charge >= 0.3 is 5.69 Å². The number of aromatic nitrogens is 2. The molecule has 1 aromatic heterocycles. The third-order valence-electron chi connectivity index (χ3n) is 6.72. The fourth-order valence-corrected chi connectivity index (χ4v) is 5.58. The molecule has 31 heavy (non-hydrogen) atoms. The number of hydrogen-bond acceptors (Lipinski definition) is 4. The lowest BCUT2D eigenvalue weighted by molar-refractivity contribution is 0.371. The molecule has 5 rings (SSSR count). The zero-order valence-electron chi connectivity index (χ0n) is 17.2. The molecule has 1 fully saturated rings. The highest BCUT2D eigenvalue weighted by Gasteiger charge is 2.40. The van der Waals surface area contributed by atoms with Crippen LogP contribution in [0.15, 0.2) is 46.0 Å². The van der Waals surface area contributed by atoms with Crippen LogP contribution in [0.25, 0.3) is 10.9 Å². The van der Waals surface area contributed by atoms with Gasteiger partial charge in [-0.2, -0.15) is 0 Å². The highest BCUT2D eigenvalue weighted by molar-refractivity contribution is 6.35. The number of H-pyrrole nitrogens is 1. The van der Waals surface area contributed by atoms with Gasteiger partial charge < -0.3 is 15.0 Å². The van der Waals surface area contributed by atoms with Gasteiger partial charge in [-0.1, -0.05) is 29.8 Å². The SMILES string of the molecule is COc1cccc2c1CCC1CNC(CCn3c(=O)[nH]c4cccc(Cl)c4c3=O)C21.Cl. The van der Waals surface area contributed by atoms with Crippen molar-refractivity contribution < 1.29 is 4.74 Å². The topological polar surface area (TPSA) is 76.1 Å². The molecular formula is C23H25Cl2N3O3. The van der Waals surface area contributed by atoms with E-state index >= 15 is 0 Å². The number of rotatable bonds is 4. The van der Waals surface area contributed by atoms with Crippen molar-refractivity contribution >= 4 is 34.9 Å². The lowest BCUT2D eigenvalue weighted by Gasteiger charge is -2.32. The van der Waals surface area contributed by atoms with Gasteiger partial charge in [-0.3, -0.25) is 9.36 Å². The summed E-state index contributed by atoms with van der Waals surface area (Å²) in [6.45, 7) is 1.30. The number of halogens is 2. The summed E-state index contributed by atoms with van der Waals surface area (Å²) in [6.07, 6.45) is 2.83. The molecule has 2 aliphatic rings. The third kappa shape index (κ3) is 3.67. The summed E-state index contributed by atoms with van der Waals surface area (Å²) in [6, 6.07) is 11.6. The summed E-state index contributed by atoms with van der Waals surface area (Å²) in [4.78, 5) is 28.3. The Labute approximate surface area is 191 Å². The maximum atomic E-state index is 13.0. The number of nitrogens with one attached hydrogen (secondary N) is 2. The number of methoxy groups -OCH3 is 1. The monoisotopic (exact) mass is 461 g/mol. The molecule has 6 nitrogen and oxygen atoms in total. The molecule has 8 heteroatoms. The Kier molecular flexibility index (Phi) is 6.15. The molecule has 2 aromatic carbocycles. The van der Waals surface area contributed by atoms with Crippen molar-refractivity contribution in [3.05, 3.63) is 73.4 Å². The number of aromatic amines is 1. The molecule has 1 aliphatic carbocycles. The normalized spacial score (nSPS) is 21.9. The molecule has 0 saturated carbocycles. The second-order valence-corrected chi connectivity index (χ2v) is 8.61. The lowest BCUT2D eigenvalue weighted by atomic mass is 9.73. The van der Waals surface area contributed by atoms with Crippen LogP contribution in [0, 0.1) is 5.92 Å². The van der Waals surface area contributed by atoms with Crippen molar-refractivity contribution in [3.8, 4) is 5.75 Å². The minimum absolute atomic E-state index is 0. The summed E-state index contributed by atoms with van der Waals surface area (Å²) >= 11 is 6.23. The highest BCUT2D eigenvalue weighted by Crippen LogP contribution is 2.45. The van der Waals surface area contributed by atoms with Gasteiger partial charge in [0.25, 0.3) is 5.56 Å². The molecule has 0 spiro atoms. The van der Waals surface area contributed by atoms with E-state index in [2.05, 4.69) is 22.4 Å². The summed E-state index contributed by atoms with van der Waals surface area (Å²) in [5.41, 5.74) is 2.38. The number of nitrogens with zero attached hydrogens (tertiary/aromatic N) is 1. The van der Waals surface area contributed by atoms with Crippen molar-refractivity contribution in [2.24, 2.45) is 5.92 Å². The Morgan fingerprint density at radius 1 is 1.19 bits per heavy atom. The van der Waals surface area contributed by atoms with Crippen LogP contribution in [0.2, 0.25) is 5.02 Å². The van der Waals surface area contributed by atoms with E-state index < -0.39 is 5.69 Å². The van der Waals surface area contributed by atoms with Crippen LogP contribution < -0.4 is 21.3 Å². The van der Waals surface area contributed by atoms with Gasteiger partial charge in [-0.05, 0) is 61.1 Å². The largest absolute Gasteiger partial charge is 0.496 e. The summed E-state index contributed by atoms with van der Waals surface area (Å²) in [5.74, 6) is 1.88. The zero-order valence-corrected chi connectivity index (χ0v) is 18.8. The first-order chi connectivity index (χ1) is 14.6. The Morgan fingerprint density at radius 2 is 2.00 bits per heavy atom. The van der Waals surface area contributed by atoms with Crippen molar-refractivity contribution in [3.63, 3.8) is 0 Å². The van der Waals surface area contributed by atoms with Gasteiger partial charge in [0.2, 0.25) is 0 Å². The molecule has 3 aromatic rings. The number of ether oxygens (including phenoxy) is 1. The molecule has 1 aliphatic heterocycles. The molecule has 0 radical (unpaired) electrons. The van der Waals surface area contributed by atoms with E-state index in [0.717, 1.165) is 25.1 Å². The molecule has 164 valence electrons. The molecule has 3 atom stereocenters. The van der Waals surface area contributed by atoms with Crippen LogP contribution in [0.1, 0.15) is 29.9 Å². The van der Waals surface area contributed by atoms with E-state index in [9.17, 15) is 9.59 Å². The van der Waals surface area contributed by atoms with Crippen LogP contribution in [0.5, 0.6) is 5.75 Å². The summed E-state index contributed by atoms with van der Waals surface area (Å²) < 4.78 is 6.86. The zero-order chi connectivity index (χ0) is 20.8. The van der Waals surface area contributed by atoms with Gasteiger partial charge in [0.1, 0.15) is 5.75 Å². The summed E-state index contributed by atoms with van der Waals surface area (Å²) in [5, 5.41) is 4.36. The van der Waals surface area contributed by atoms with Gasteiger partial charge in [0.05, 0.1) is 23.0 Å². The first kappa shape index (κ1) is 21.9. The number of hydrogen-bond donors (Lipinski definition) is 2. The van der Waals surface area contributed by atoms with E-state index in [4.69, 9.17) is 16.3 Å². The number of fused-ring (bicyclic) bond motifs is 4. The highest BCUT2D eigenvalue weighted by atomic mass is 35.5. The van der Waals surface area contributed by atoms with E-state index in [1.54, 1.807) is 25.3 Å². The fraction of sp³-hybridized carbons (Fsp3) is 0.391. The molecule has 0 bridgehead atoms. The van der Waals surface area contributed by atoms with E-state index in [1.807, 2.05) is 6.07 Å². The van der Waals surface area contributed by atoms with Gasteiger partial charge in [0.15, 0.2) is 0 Å². The minimum Gasteiger partial charge on any atom is -0.496 e. The third-order valence-corrected chi connectivity index (χ3v) is 7.04. The molecule has 2 heterocycles. The second kappa shape index (κ2) is 8.69. The van der Waals surface area contributed by atoms with Crippen molar-refractivity contribution in [1.29, 1.82) is 0 Å². The second-order valence-electron chi connectivity index (χ2n) is 8.21. The molecule has 3 unspecified atom stereocenters. The Bertz CT molecular complexity index is 1240. The Morgan fingerprint density at radius 3 is 2.81 bits per heavy atom. The maximum absolute atomic E-state index is 13.0. The van der Waals surface area contributed by atoms with E-state index in [1.165, 1.54) is 15.7 Å². The van der Waals surface area contributed by atoms with Gasteiger partial charge in [-0.25, -0.2) is 4.79 Å². The quantitative estimate of drug-likeness (QED) is 0.623. The van der Waals surface area contributed by atoms with Crippen LogP contribution in [-0.4, -0.2) is 29.2 Å². The summed E-state index contributed by atoms with van der Waals surface area (Å²) in [7, 11) is 1.72. The standard InChI is InChI=1S/C23H24ClN3O3.ClH/c1-30-19-7-2-4-15-14(19)9-8-13-12-25-17(20(13)15)10-11-27-22(28)21-16(24)5-3-6-18(21)26-23(27)29;/h2-7,13,17,20,25H,8-12H2,1H3,(H,26,29);1H. The van der Waals surface area contributed by atoms with Crippen molar-refractivity contribution in [1.82, 2.24) is 14.9 Å². The van der Waals surface area contributed by atoms with Gasteiger partial charge in [0, 0.05) is 18.5 Å². The average molecular weight is 462 g/mol. The van der Waals surface area contributed by atoms with Gasteiger partial charge in [-0.15, -0.1) is 12.4 Å². The predicted molar refractivity (Wildman–Crippen MR) is 125 cm³/mol. The smallest absolute Gasteiger partial charge is 0.328 e. The minimum atomic E-state index is -0.393. The lowest BCUT2D eigenvalue weighted by Crippen LogP contribution is -2.38. The molecule has 1 saturated heterocycles. The average Bonchev–Trinajstić information content (AvgIpc) is 3.16.